The van der Waals surface area contributed by atoms with Crippen molar-refractivity contribution in [1.82, 2.24) is 0 Å². The summed E-state index contributed by atoms with van der Waals surface area (Å²) in [5.41, 5.74) is -8.47. The molecule has 0 aliphatic heterocycles. The zero-order valence-corrected chi connectivity index (χ0v) is 22.4. The van der Waals surface area contributed by atoms with Crippen LogP contribution < -0.4 is 0 Å². The van der Waals surface area contributed by atoms with Gasteiger partial charge in [0.2, 0.25) is 0 Å². The van der Waals surface area contributed by atoms with Gasteiger partial charge in [-0.3, -0.25) is 0 Å². The number of ether oxygens (including phenoxy) is 4. The first kappa shape index (κ1) is 31.8. The fourth-order valence-electron chi connectivity index (χ4n) is 4.15. The van der Waals surface area contributed by atoms with Crippen molar-refractivity contribution >= 4 is 23.3 Å². The summed E-state index contributed by atoms with van der Waals surface area (Å²) in [5.74, 6) is -3.91. The van der Waals surface area contributed by atoms with Gasteiger partial charge in [-0.05, 0) is 17.5 Å². The highest BCUT2D eigenvalue weighted by atomic mass is 32.1. The van der Waals surface area contributed by atoms with E-state index in [9.17, 15) is 35.9 Å². The van der Waals surface area contributed by atoms with E-state index in [0.29, 0.717) is 14.2 Å². The van der Waals surface area contributed by atoms with Crippen LogP contribution in [-0.4, -0.2) is 44.6 Å². The Morgan fingerprint density at radius 1 is 0.732 bits per heavy atom. The number of carbonyl (C=O) groups excluding carboxylic acids is 2. The van der Waals surface area contributed by atoms with Crippen molar-refractivity contribution in [3.63, 3.8) is 0 Å². The third-order valence-electron chi connectivity index (χ3n) is 6.18. The molecule has 3 aromatic rings. The normalized spacial score (nSPS) is 16.5. The highest BCUT2D eigenvalue weighted by molar-refractivity contribution is 7.10. The van der Waals surface area contributed by atoms with Crippen LogP contribution in [0.25, 0.3) is 0 Å². The number of carbonyl (C=O) groups is 2. The number of esters is 2. The third kappa shape index (κ3) is 5.88. The molecule has 13 heteroatoms. The highest BCUT2D eigenvalue weighted by Gasteiger charge is 2.66. The van der Waals surface area contributed by atoms with E-state index in [-0.39, 0.29) is 4.88 Å². The van der Waals surface area contributed by atoms with Gasteiger partial charge >= 0.3 is 24.3 Å². The molecule has 0 amide bonds. The number of halogens is 6. The lowest BCUT2D eigenvalue weighted by Crippen LogP contribution is -2.54. The van der Waals surface area contributed by atoms with Gasteiger partial charge in [-0.1, -0.05) is 73.3 Å². The van der Waals surface area contributed by atoms with E-state index in [4.69, 9.17) is 18.9 Å². The van der Waals surface area contributed by atoms with Gasteiger partial charge in [-0.2, -0.15) is 26.3 Å². The topological polar surface area (TPSA) is 71.1 Å². The van der Waals surface area contributed by atoms with Crippen LogP contribution in [0.1, 0.15) is 22.1 Å². The average Bonchev–Trinajstić information content (AvgIpc) is 3.46. The van der Waals surface area contributed by atoms with Crippen LogP contribution in [-0.2, 0) is 39.7 Å². The molecule has 0 aliphatic carbocycles. The molecule has 0 spiro atoms. The second kappa shape index (κ2) is 12.5. The van der Waals surface area contributed by atoms with Crippen molar-refractivity contribution in [2.75, 3.05) is 14.2 Å². The Balaban J connectivity index is 2.08. The molecule has 6 nitrogen and oxygen atoms in total. The van der Waals surface area contributed by atoms with Crippen molar-refractivity contribution in [2.24, 2.45) is 0 Å². The zero-order valence-electron chi connectivity index (χ0n) is 21.6. The summed E-state index contributed by atoms with van der Waals surface area (Å²) in [4.78, 5) is 26.6. The summed E-state index contributed by atoms with van der Waals surface area (Å²) in [6.45, 7) is 3.44. The molecular weight excluding hydrogens is 578 g/mol. The highest BCUT2D eigenvalue weighted by Crippen LogP contribution is 2.46. The molecule has 1 aromatic heterocycles. The molecule has 0 radical (unpaired) electrons. The van der Waals surface area contributed by atoms with Gasteiger partial charge in [0.15, 0.2) is 12.2 Å². The predicted octanol–water partition coefficient (Wildman–Crippen LogP) is 6.64. The minimum Gasteiger partial charge on any atom is -0.451 e. The Morgan fingerprint density at radius 3 is 1.51 bits per heavy atom. The second-order valence-corrected chi connectivity index (χ2v) is 9.42. The number of alkyl halides is 6. The number of thiophene rings is 1. The summed E-state index contributed by atoms with van der Waals surface area (Å²) < 4.78 is 106. The Bertz CT molecular complexity index is 1310. The quantitative estimate of drug-likeness (QED) is 0.139. The Kier molecular flexibility index (Phi) is 9.67. The maximum absolute atomic E-state index is 14.4. The minimum absolute atomic E-state index is 0.0472. The van der Waals surface area contributed by atoms with Gasteiger partial charge in [-0.15, -0.1) is 11.3 Å². The fourth-order valence-corrected chi connectivity index (χ4v) is 4.94. The first-order chi connectivity index (χ1) is 19.3. The lowest BCUT2D eigenvalue weighted by molar-refractivity contribution is -0.284. The maximum atomic E-state index is 14.4. The summed E-state index contributed by atoms with van der Waals surface area (Å²) in [6, 6.07) is 14.6. The fraction of sp³-hybridized carbons (Fsp3) is 0.286. The zero-order chi connectivity index (χ0) is 30.5. The smallest absolute Gasteiger partial charge is 0.432 e. The van der Waals surface area contributed by atoms with Crippen LogP contribution in [0.4, 0.5) is 26.3 Å². The molecule has 0 aliphatic rings. The molecule has 0 fully saturated rings. The molecule has 41 heavy (non-hydrogen) atoms. The number of rotatable bonds is 11. The molecule has 0 bridgehead atoms. The van der Waals surface area contributed by atoms with Crippen LogP contribution in [0.3, 0.4) is 0 Å². The summed E-state index contributed by atoms with van der Waals surface area (Å²) in [5, 5.41) is 1.47. The van der Waals surface area contributed by atoms with E-state index in [0.717, 1.165) is 41.7 Å². The minimum atomic E-state index is -5.34. The summed E-state index contributed by atoms with van der Waals surface area (Å²) >= 11 is 0.889. The first-order valence-corrected chi connectivity index (χ1v) is 12.6. The van der Waals surface area contributed by atoms with Crippen molar-refractivity contribution in [2.45, 2.75) is 35.8 Å². The number of hydrogen-bond acceptors (Lipinski definition) is 7. The Morgan fingerprint density at radius 2 is 1.17 bits per heavy atom. The molecule has 0 N–H and O–H groups in total. The third-order valence-corrected chi connectivity index (χ3v) is 7.11. The molecule has 0 unspecified atom stereocenters. The molecule has 1 heterocycles. The molecule has 220 valence electrons. The largest absolute Gasteiger partial charge is 0.451 e. The second-order valence-electron chi connectivity index (χ2n) is 8.45. The van der Waals surface area contributed by atoms with E-state index >= 15 is 0 Å². The lowest BCUT2D eigenvalue weighted by atomic mass is 9.92. The van der Waals surface area contributed by atoms with Crippen LogP contribution in [0.2, 0.25) is 0 Å². The maximum Gasteiger partial charge on any atom is 0.432 e. The van der Waals surface area contributed by atoms with Crippen LogP contribution >= 0.6 is 11.3 Å². The monoisotopic (exact) mass is 602 g/mol. The number of benzene rings is 2. The van der Waals surface area contributed by atoms with E-state index in [1.54, 1.807) is 0 Å². The molecule has 4 atom stereocenters. The molecule has 0 saturated carbocycles. The molecular formula is C28H24F6O6S. The van der Waals surface area contributed by atoms with Crippen molar-refractivity contribution in [1.29, 1.82) is 0 Å². The van der Waals surface area contributed by atoms with Gasteiger partial charge in [-0.25, -0.2) is 9.59 Å². The van der Waals surface area contributed by atoms with Crippen LogP contribution in [0.5, 0.6) is 0 Å². The molecule has 0 saturated heterocycles. The van der Waals surface area contributed by atoms with Gasteiger partial charge in [0.05, 0.1) is 0 Å². The summed E-state index contributed by atoms with van der Waals surface area (Å²) in [7, 11) is 1.31. The predicted molar refractivity (Wildman–Crippen MR) is 136 cm³/mol. The molecule has 2 aromatic carbocycles. The van der Waals surface area contributed by atoms with E-state index in [1.807, 2.05) is 0 Å². The van der Waals surface area contributed by atoms with E-state index in [2.05, 4.69) is 6.58 Å². The van der Waals surface area contributed by atoms with E-state index < -0.39 is 58.8 Å². The molecule has 3 rings (SSSR count). The summed E-state index contributed by atoms with van der Waals surface area (Å²) in [6.07, 6.45) is -13.6. The average molecular weight is 603 g/mol. The first-order valence-electron chi connectivity index (χ1n) is 11.7. The van der Waals surface area contributed by atoms with Gasteiger partial charge in [0.25, 0.3) is 11.2 Å². The SMILES string of the molecule is C=C[C@@H](OC(=O)[C@](OC)(c1ccccc1)C(F)(F)F)[C@@H](OC(=O)[C@](OC)(c1ccccc1)C(F)(F)F)c1cccs1. The van der Waals surface area contributed by atoms with Crippen LogP contribution in [0, 0.1) is 0 Å². The Hall–Kier alpha value is -3.68. The number of methoxy groups -OCH3 is 2. The van der Waals surface area contributed by atoms with Gasteiger partial charge in [0.1, 0.15) is 0 Å². The van der Waals surface area contributed by atoms with Gasteiger partial charge in [0, 0.05) is 30.2 Å². The van der Waals surface area contributed by atoms with Crippen molar-refractivity contribution < 1.29 is 54.9 Å². The lowest BCUT2D eigenvalue weighted by Gasteiger charge is -2.36. The van der Waals surface area contributed by atoms with Gasteiger partial charge < -0.3 is 18.9 Å². The van der Waals surface area contributed by atoms with Crippen LogP contribution in [0.15, 0.2) is 90.8 Å². The van der Waals surface area contributed by atoms with Crippen molar-refractivity contribution in [3.05, 3.63) is 107 Å². The van der Waals surface area contributed by atoms with E-state index in [1.165, 1.54) is 53.9 Å². The standard InChI is InChI=1S/C28H24F6O6S/c1-4-20(39-23(35)25(37-2,27(29,30)31)18-12-7-5-8-13-18)22(21-16-11-17-41-21)40-24(36)26(38-3,28(32,33)34)19-14-9-6-10-15-19/h4-17,20,22H,1H2,2-3H3/t20-,22-,25-,26-/m1/s1. The van der Waals surface area contributed by atoms with Crippen molar-refractivity contribution in [3.8, 4) is 0 Å². The number of hydrogen-bond donors (Lipinski definition) is 0. The Labute approximate surface area is 235 Å².